The summed E-state index contributed by atoms with van der Waals surface area (Å²) in [4.78, 5) is 30.3. The Hall–Kier alpha value is -1.88. The van der Waals surface area contributed by atoms with Crippen LogP contribution in [0.15, 0.2) is 30.3 Å². The number of hydrogen-bond acceptors (Lipinski definition) is 3. The Labute approximate surface area is 150 Å². The summed E-state index contributed by atoms with van der Waals surface area (Å²) >= 11 is 0. The number of piperidine rings is 1. The Kier molecular flexibility index (Phi) is 5.74. The molecular weight excluding hydrogens is 314 g/mol. The van der Waals surface area contributed by atoms with Gasteiger partial charge < -0.3 is 9.80 Å². The van der Waals surface area contributed by atoms with Gasteiger partial charge in [-0.1, -0.05) is 30.3 Å². The lowest BCUT2D eigenvalue weighted by atomic mass is 9.90. The second kappa shape index (κ2) is 8.00. The quantitative estimate of drug-likeness (QED) is 0.816. The second-order valence-electron chi connectivity index (χ2n) is 7.49. The lowest BCUT2D eigenvalue weighted by Crippen LogP contribution is -2.47. The minimum atomic E-state index is -0.135. The molecule has 0 saturated carbocycles. The predicted molar refractivity (Wildman–Crippen MR) is 98.1 cm³/mol. The minimum Gasteiger partial charge on any atom is -0.344 e. The molecule has 1 aromatic carbocycles. The molecule has 136 valence electrons. The molecule has 1 unspecified atom stereocenters. The van der Waals surface area contributed by atoms with Crippen LogP contribution in [0.25, 0.3) is 0 Å². The summed E-state index contributed by atoms with van der Waals surface area (Å²) in [5, 5.41) is 0. The van der Waals surface area contributed by atoms with Gasteiger partial charge in [-0.25, -0.2) is 0 Å². The molecule has 0 spiro atoms. The van der Waals surface area contributed by atoms with Crippen LogP contribution in [0, 0.1) is 5.92 Å². The Morgan fingerprint density at radius 3 is 2.40 bits per heavy atom. The summed E-state index contributed by atoms with van der Waals surface area (Å²) in [5.41, 5.74) is 1.39. The number of carbonyl (C=O) groups excluding carboxylic acids is 2. The van der Waals surface area contributed by atoms with E-state index in [-0.39, 0.29) is 17.9 Å². The van der Waals surface area contributed by atoms with Crippen molar-refractivity contribution in [2.45, 2.75) is 31.7 Å². The van der Waals surface area contributed by atoms with Gasteiger partial charge >= 0.3 is 0 Å². The maximum Gasteiger partial charge on any atom is 0.239 e. The van der Waals surface area contributed by atoms with Crippen LogP contribution in [-0.2, 0) is 16.0 Å². The van der Waals surface area contributed by atoms with Gasteiger partial charge in [0.2, 0.25) is 11.8 Å². The van der Waals surface area contributed by atoms with Gasteiger partial charge in [0, 0.05) is 26.7 Å². The molecule has 0 bridgehead atoms. The number of rotatable bonds is 5. The molecule has 1 aromatic rings. The van der Waals surface area contributed by atoms with Gasteiger partial charge in [0.1, 0.15) is 0 Å². The molecule has 2 aliphatic rings. The fourth-order valence-corrected chi connectivity index (χ4v) is 3.97. The lowest BCUT2D eigenvalue weighted by Gasteiger charge is -2.33. The van der Waals surface area contributed by atoms with Crippen molar-refractivity contribution in [3.05, 3.63) is 35.9 Å². The SMILES string of the molecule is CN1CCC(N(C)CC(=O)N2CCC(Cc3ccccc3)CC2)C1=O. The normalized spacial score (nSPS) is 22.0. The first-order valence-corrected chi connectivity index (χ1v) is 9.31. The van der Waals surface area contributed by atoms with E-state index in [1.807, 2.05) is 30.0 Å². The van der Waals surface area contributed by atoms with Crippen LogP contribution in [0.1, 0.15) is 24.8 Å². The summed E-state index contributed by atoms with van der Waals surface area (Å²) in [7, 11) is 3.72. The average Bonchev–Trinajstić information content (AvgIpc) is 2.95. The Balaban J connectivity index is 1.44. The van der Waals surface area contributed by atoms with Gasteiger partial charge in [-0.2, -0.15) is 0 Å². The molecule has 25 heavy (non-hydrogen) atoms. The second-order valence-corrected chi connectivity index (χ2v) is 7.49. The number of benzene rings is 1. The van der Waals surface area contributed by atoms with Crippen molar-refractivity contribution in [3.8, 4) is 0 Å². The number of likely N-dealkylation sites (N-methyl/N-ethyl adjacent to an activating group) is 2. The topological polar surface area (TPSA) is 43.9 Å². The molecule has 2 saturated heterocycles. The zero-order valence-electron chi connectivity index (χ0n) is 15.4. The van der Waals surface area contributed by atoms with Crippen LogP contribution >= 0.6 is 0 Å². The van der Waals surface area contributed by atoms with Crippen molar-refractivity contribution in [1.29, 1.82) is 0 Å². The van der Waals surface area contributed by atoms with Gasteiger partial charge in [-0.05, 0) is 44.2 Å². The first kappa shape index (κ1) is 17.9. The average molecular weight is 343 g/mol. The molecule has 5 nitrogen and oxygen atoms in total. The molecular formula is C20H29N3O2. The maximum atomic E-state index is 12.6. The summed E-state index contributed by atoms with van der Waals surface area (Å²) in [6.07, 6.45) is 4.05. The van der Waals surface area contributed by atoms with E-state index in [0.717, 1.165) is 45.3 Å². The lowest BCUT2D eigenvalue weighted by molar-refractivity contribution is -0.136. The maximum absolute atomic E-state index is 12.6. The van der Waals surface area contributed by atoms with Gasteiger partial charge in [0.25, 0.3) is 0 Å². The molecule has 2 amide bonds. The smallest absolute Gasteiger partial charge is 0.239 e. The van der Waals surface area contributed by atoms with Gasteiger partial charge in [0.05, 0.1) is 12.6 Å². The van der Waals surface area contributed by atoms with Gasteiger partial charge in [-0.3, -0.25) is 14.5 Å². The first-order chi connectivity index (χ1) is 12.0. The standard InChI is InChI=1S/C20H29N3O2/c1-21-11-10-18(20(21)25)22(2)15-19(24)23-12-8-17(9-13-23)14-16-6-4-3-5-7-16/h3-7,17-18H,8-15H2,1-2H3. The molecule has 0 radical (unpaired) electrons. The molecule has 3 rings (SSSR count). The van der Waals surface area contributed by atoms with E-state index in [1.165, 1.54) is 5.56 Å². The van der Waals surface area contributed by atoms with Crippen molar-refractivity contribution in [2.75, 3.05) is 40.3 Å². The van der Waals surface area contributed by atoms with Crippen LogP contribution in [0.4, 0.5) is 0 Å². The third-order valence-corrected chi connectivity index (χ3v) is 5.65. The molecule has 0 aliphatic carbocycles. The molecule has 2 fully saturated rings. The van der Waals surface area contributed by atoms with E-state index in [4.69, 9.17) is 0 Å². The van der Waals surface area contributed by atoms with Crippen LogP contribution in [-0.4, -0.2) is 72.8 Å². The van der Waals surface area contributed by atoms with Crippen molar-refractivity contribution >= 4 is 11.8 Å². The fraction of sp³-hybridized carbons (Fsp3) is 0.600. The number of amides is 2. The minimum absolute atomic E-state index is 0.135. The van der Waals surface area contributed by atoms with E-state index < -0.39 is 0 Å². The Morgan fingerprint density at radius 1 is 1.12 bits per heavy atom. The van der Waals surface area contributed by atoms with Crippen molar-refractivity contribution in [2.24, 2.45) is 5.92 Å². The van der Waals surface area contributed by atoms with Crippen LogP contribution < -0.4 is 0 Å². The number of likely N-dealkylation sites (tertiary alicyclic amines) is 2. The summed E-state index contributed by atoms with van der Waals surface area (Å²) in [5.74, 6) is 0.953. The molecule has 0 aromatic heterocycles. The highest BCUT2D eigenvalue weighted by atomic mass is 16.2. The van der Waals surface area contributed by atoms with Crippen molar-refractivity contribution in [1.82, 2.24) is 14.7 Å². The van der Waals surface area contributed by atoms with E-state index in [0.29, 0.717) is 12.5 Å². The third-order valence-electron chi connectivity index (χ3n) is 5.65. The van der Waals surface area contributed by atoms with Crippen molar-refractivity contribution in [3.63, 3.8) is 0 Å². The highest BCUT2D eigenvalue weighted by Gasteiger charge is 2.34. The van der Waals surface area contributed by atoms with Crippen molar-refractivity contribution < 1.29 is 9.59 Å². The third kappa shape index (κ3) is 4.40. The zero-order valence-corrected chi connectivity index (χ0v) is 15.4. The monoisotopic (exact) mass is 343 g/mol. The van der Waals surface area contributed by atoms with Gasteiger partial charge in [-0.15, -0.1) is 0 Å². The summed E-state index contributed by atoms with van der Waals surface area (Å²) in [6, 6.07) is 10.5. The predicted octanol–water partition coefficient (Wildman–Crippen LogP) is 1.63. The molecule has 0 N–H and O–H groups in total. The number of hydrogen-bond donors (Lipinski definition) is 0. The fourth-order valence-electron chi connectivity index (χ4n) is 3.97. The Bertz CT molecular complexity index is 596. The van der Waals surface area contributed by atoms with Crippen LogP contribution in [0.2, 0.25) is 0 Å². The Morgan fingerprint density at radius 2 is 1.80 bits per heavy atom. The zero-order chi connectivity index (χ0) is 17.8. The van der Waals surface area contributed by atoms with Gasteiger partial charge in [0.15, 0.2) is 0 Å². The van der Waals surface area contributed by atoms with E-state index in [9.17, 15) is 9.59 Å². The summed E-state index contributed by atoms with van der Waals surface area (Å²) in [6.45, 7) is 2.80. The van der Waals surface area contributed by atoms with E-state index >= 15 is 0 Å². The molecule has 5 heteroatoms. The highest BCUT2D eigenvalue weighted by Crippen LogP contribution is 2.22. The van der Waals surface area contributed by atoms with Crippen LogP contribution in [0.5, 0.6) is 0 Å². The molecule has 1 atom stereocenters. The largest absolute Gasteiger partial charge is 0.344 e. The first-order valence-electron chi connectivity index (χ1n) is 9.31. The van der Waals surface area contributed by atoms with Crippen LogP contribution in [0.3, 0.4) is 0 Å². The molecule has 2 heterocycles. The summed E-state index contributed by atoms with van der Waals surface area (Å²) < 4.78 is 0. The number of carbonyl (C=O) groups is 2. The number of nitrogens with zero attached hydrogens (tertiary/aromatic N) is 3. The van der Waals surface area contributed by atoms with E-state index in [1.54, 1.807) is 4.90 Å². The molecule has 2 aliphatic heterocycles. The van der Waals surface area contributed by atoms with E-state index in [2.05, 4.69) is 24.3 Å². The highest BCUT2D eigenvalue weighted by molar-refractivity contribution is 5.85.